The van der Waals surface area contributed by atoms with E-state index in [2.05, 4.69) is 18.8 Å². The summed E-state index contributed by atoms with van der Waals surface area (Å²) >= 11 is 0. The van der Waals surface area contributed by atoms with E-state index < -0.39 is 0 Å². The second-order valence-corrected chi connectivity index (χ2v) is 10.2. The largest absolute Gasteiger partial charge is 0.324 e. The molecule has 0 aromatic heterocycles. The molecule has 1 atom stereocenters. The Morgan fingerprint density at radius 3 is 1.53 bits per heavy atom. The minimum absolute atomic E-state index is 0.322. The van der Waals surface area contributed by atoms with Crippen molar-refractivity contribution in [3.05, 3.63) is 12.4 Å². The molecule has 0 aliphatic carbocycles. The lowest BCUT2D eigenvalue weighted by molar-refractivity contribution is -0.683. The first-order valence-electron chi connectivity index (χ1n) is 14.3. The van der Waals surface area contributed by atoms with E-state index >= 15 is 0 Å². The highest BCUT2D eigenvalue weighted by molar-refractivity contribution is 5.90. The number of amidine groups is 1. The molecule has 1 unspecified atom stereocenters. The Balaban J connectivity index is 2.06. The Kier molecular flexibility index (Phi) is 17.7. The van der Waals surface area contributed by atoms with Crippen LogP contribution in [0.1, 0.15) is 155 Å². The summed E-state index contributed by atoms with van der Waals surface area (Å²) in [5.74, 6) is 1.38. The van der Waals surface area contributed by atoms with E-state index in [9.17, 15) is 4.79 Å². The molecule has 1 rings (SSSR count). The molecule has 0 aromatic rings. The van der Waals surface area contributed by atoms with Crippen molar-refractivity contribution in [3.63, 3.8) is 0 Å². The number of carbonyl (C=O) groups excluding carboxylic acids is 1. The monoisotopic (exact) mass is 447 g/mol. The molecule has 1 heterocycles. The van der Waals surface area contributed by atoms with Crippen molar-refractivity contribution < 1.29 is 9.28 Å². The Labute approximate surface area is 200 Å². The van der Waals surface area contributed by atoms with E-state index in [4.69, 9.17) is 0 Å². The highest BCUT2D eigenvalue weighted by atomic mass is 16.2. The maximum atomic E-state index is 12.9. The third-order valence-corrected chi connectivity index (χ3v) is 7.14. The normalized spacial score (nSPS) is 17.8. The Morgan fingerprint density at radius 2 is 1.06 bits per heavy atom. The second kappa shape index (κ2) is 19.5. The standard InChI is InChI=1S/C29H55N2O/c1-4-6-8-10-12-14-15-16-17-18-20-22-24-28-30-26-27-31(28,3)29(32)25-23-21-19-13-11-9-7-5-2/h26-27H,4-25H2,1-3H3/q+1. The third kappa shape index (κ3) is 12.9. The third-order valence-electron chi connectivity index (χ3n) is 7.14. The molecule has 0 N–H and O–H groups in total. The van der Waals surface area contributed by atoms with Gasteiger partial charge in [0.1, 0.15) is 6.20 Å². The topological polar surface area (TPSA) is 29.4 Å². The maximum absolute atomic E-state index is 12.9. The van der Waals surface area contributed by atoms with Gasteiger partial charge in [-0.15, -0.1) is 0 Å². The van der Waals surface area contributed by atoms with E-state index in [1.54, 1.807) is 0 Å². The Morgan fingerprint density at radius 1 is 0.656 bits per heavy atom. The molecular weight excluding hydrogens is 392 g/mol. The van der Waals surface area contributed by atoms with Crippen molar-refractivity contribution >= 4 is 11.7 Å². The molecule has 1 aliphatic heterocycles. The smallest absolute Gasteiger partial charge is 0.230 e. The molecule has 0 spiro atoms. The van der Waals surface area contributed by atoms with Crippen molar-refractivity contribution in [3.8, 4) is 0 Å². The molecule has 1 aliphatic rings. The molecule has 186 valence electrons. The first-order chi connectivity index (χ1) is 15.6. The number of hydrogen-bond donors (Lipinski definition) is 0. The van der Waals surface area contributed by atoms with E-state index in [0.717, 1.165) is 25.1 Å². The first-order valence-corrected chi connectivity index (χ1v) is 14.3. The van der Waals surface area contributed by atoms with Crippen LogP contribution in [-0.2, 0) is 4.79 Å². The maximum Gasteiger partial charge on any atom is 0.324 e. The number of unbranched alkanes of at least 4 members (excludes halogenated alkanes) is 18. The van der Waals surface area contributed by atoms with Crippen molar-refractivity contribution in [2.24, 2.45) is 4.99 Å². The highest BCUT2D eigenvalue weighted by Gasteiger charge is 2.37. The van der Waals surface area contributed by atoms with Crippen molar-refractivity contribution in [2.75, 3.05) is 7.05 Å². The fraction of sp³-hybridized carbons (Fsp3) is 0.862. The summed E-state index contributed by atoms with van der Waals surface area (Å²) < 4.78 is 0.328. The van der Waals surface area contributed by atoms with Gasteiger partial charge in [-0.2, -0.15) is 4.48 Å². The van der Waals surface area contributed by atoms with Gasteiger partial charge < -0.3 is 0 Å². The fourth-order valence-corrected chi connectivity index (χ4v) is 4.75. The second-order valence-electron chi connectivity index (χ2n) is 10.2. The molecule has 0 saturated carbocycles. The van der Waals surface area contributed by atoms with Crippen LogP contribution in [0, 0.1) is 0 Å². The summed E-state index contributed by atoms with van der Waals surface area (Å²) in [6.45, 7) is 4.54. The molecule has 0 aromatic carbocycles. The van der Waals surface area contributed by atoms with Gasteiger partial charge in [-0.1, -0.05) is 129 Å². The number of carbonyl (C=O) groups is 1. The lowest BCUT2D eigenvalue weighted by Gasteiger charge is -2.25. The lowest BCUT2D eigenvalue weighted by Crippen LogP contribution is -2.47. The van der Waals surface area contributed by atoms with Crippen LogP contribution >= 0.6 is 0 Å². The van der Waals surface area contributed by atoms with E-state index in [0.29, 0.717) is 16.8 Å². The number of rotatable bonds is 22. The Hall–Kier alpha value is -0.960. The van der Waals surface area contributed by atoms with Gasteiger partial charge in [0.05, 0.1) is 19.7 Å². The molecule has 3 nitrogen and oxygen atoms in total. The van der Waals surface area contributed by atoms with E-state index in [-0.39, 0.29) is 0 Å². The number of nitrogens with zero attached hydrogens (tertiary/aromatic N) is 2. The van der Waals surface area contributed by atoms with Crippen LogP contribution < -0.4 is 0 Å². The Bertz CT molecular complexity index is 525. The zero-order valence-corrected chi connectivity index (χ0v) is 22.0. The summed E-state index contributed by atoms with van der Waals surface area (Å²) in [4.78, 5) is 17.5. The van der Waals surface area contributed by atoms with Crippen LogP contribution in [-0.4, -0.2) is 23.3 Å². The van der Waals surface area contributed by atoms with E-state index in [1.165, 1.54) is 116 Å². The molecule has 3 heteroatoms. The summed E-state index contributed by atoms with van der Waals surface area (Å²) in [5.41, 5.74) is 0. The first kappa shape index (κ1) is 29.1. The zero-order chi connectivity index (χ0) is 23.3. The van der Waals surface area contributed by atoms with Gasteiger partial charge in [0.15, 0.2) is 0 Å². The van der Waals surface area contributed by atoms with E-state index in [1.807, 2.05) is 19.4 Å². The summed E-state index contributed by atoms with van der Waals surface area (Å²) in [6, 6.07) is 0. The predicted molar refractivity (Wildman–Crippen MR) is 141 cm³/mol. The van der Waals surface area contributed by atoms with Crippen LogP contribution in [0.2, 0.25) is 0 Å². The SMILES string of the molecule is CCCCCCCCCCCCCCC1=NC=C[N+]1(C)C(=O)CCCCCCCCCC. The van der Waals surface area contributed by atoms with Crippen molar-refractivity contribution in [2.45, 2.75) is 155 Å². The van der Waals surface area contributed by atoms with Crippen molar-refractivity contribution in [1.82, 2.24) is 0 Å². The molecule has 0 saturated heterocycles. The predicted octanol–water partition coefficient (Wildman–Crippen LogP) is 9.46. The van der Waals surface area contributed by atoms with Crippen molar-refractivity contribution in [1.29, 1.82) is 0 Å². The molecule has 0 bridgehead atoms. The van der Waals surface area contributed by atoms with Gasteiger partial charge in [0, 0.05) is 6.42 Å². The number of quaternary nitrogens is 1. The van der Waals surface area contributed by atoms with Gasteiger partial charge in [0.25, 0.3) is 0 Å². The van der Waals surface area contributed by atoms with Crippen LogP contribution in [0.5, 0.6) is 0 Å². The van der Waals surface area contributed by atoms with Crippen LogP contribution in [0.25, 0.3) is 0 Å². The van der Waals surface area contributed by atoms with Gasteiger partial charge >= 0.3 is 5.91 Å². The van der Waals surface area contributed by atoms with Crippen LogP contribution in [0.3, 0.4) is 0 Å². The summed E-state index contributed by atoms with van der Waals surface area (Å²) in [7, 11) is 2.04. The van der Waals surface area contributed by atoms with Crippen LogP contribution in [0.4, 0.5) is 0 Å². The average molecular weight is 448 g/mol. The van der Waals surface area contributed by atoms with Gasteiger partial charge in [0.2, 0.25) is 5.84 Å². The van der Waals surface area contributed by atoms with Crippen LogP contribution in [0.15, 0.2) is 17.4 Å². The molecule has 0 radical (unpaired) electrons. The minimum Gasteiger partial charge on any atom is -0.230 e. The molecule has 1 amide bonds. The number of hydrogen-bond acceptors (Lipinski definition) is 2. The van der Waals surface area contributed by atoms with Gasteiger partial charge in [-0.25, -0.2) is 9.79 Å². The summed E-state index contributed by atoms with van der Waals surface area (Å²) in [6.07, 6.45) is 32.1. The fourth-order valence-electron chi connectivity index (χ4n) is 4.75. The summed E-state index contributed by atoms with van der Waals surface area (Å²) in [5, 5.41) is 0. The molecule has 32 heavy (non-hydrogen) atoms. The molecule has 0 fully saturated rings. The molecular formula is C29H55N2O+. The highest BCUT2D eigenvalue weighted by Crippen LogP contribution is 2.22. The number of aliphatic imine (C=N–C) groups is 1. The minimum atomic E-state index is 0.322. The van der Waals surface area contributed by atoms with Gasteiger partial charge in [-0.05, 0) is 12.8 Å². The van der Waals surface area contributed by atoms with Gasteiger partial charge in [-0.3, -0.25) is 0 Å². The zero-order valence-electron chi connectivity index (χ0n) is 22.0. The number of amides is 1. The average Bonchev–Trinajstić information content (AvgIpc) is 3.17. The quantitative estimate of drug-likeness (QED) is 0.120. The lowest BCUT2D eigenvalue weighted by atomic mass is 10.0.